The van der Waals surface area contributed by atoms with Crippen LogP contribution in [-0.2, 0) is 20.0 Å². The minimum atomic E-state index is -1.23. The molecule has 0 aromatic heterocycles. The summed E-state index contributed by atoms with van der Waals surface area (Å²) >= 11 is -1.23. The van der Waals surface area contributed by atoms with Gasteiger partial charge in [0, 0.05) is 19.3 Å². The molecule has 1 heterocycles. The number of hydrogen-bond donors (Lipinski definition) is 0. The largest absolute Gasteiger partial charge is 0.447 e. The summed E-state index contributed by atoms with van der Waals surface area (Å²) in [6, 6.07) is 0. The molecule has 6 heteroatoms. The number of carbonyl (C=O) groups is 1. The van der Waals surface area contributed by atoms with E-state index in [4.69, 9.17) is 8.92 Å². The Hall–Kier alpha value is -0.620. The summed E-state index contributed by atoms with van der Waals surface area (Å²) in [4.78, 5) is 13.4. The second kappa shape index (κ2) is 7.09. The topological polar surface area (TPSA) is 55.8 Å². The van der Waals surface area contributed by atoms with Gasteiger partial charge in [-0.05, 0) is 39.5 Å². The van der Waals surface area contributed by atoms with Crippen molar-refractivity contribution in [2.24, 2.45) is 5.92 Å². The standard InChI is InChI=1S/C12H23NO4S/c1-9(2)16-12(14)13-7-5-11(6-8-13)10(3)17-18(4)15/h9-11H,5-8H2,1-4H3. The highest BCUT2D eigenvalue weighted by molar-refractivity contribution is 7.79. The van der Waals surface area contributed by atoms with Crippen LogP contribution < -0.4 is 0 Å². The molecule has 0 spiro atoms. The van der Waals surface area contributed by atoms with Crippen LogP contribution in [0.4, 0.5) is 4.79 Å². The van der Waals surface area contributed by atoms with Gasteiger partial charge < -0.3 is 9.64 Å². The third kappa shape index (κ3) is 4.94. The fourth-order valence-electron chi connectivity index (χ4n) is 2.12. The minimum Gasteiger partial charge on any atom is -0.447 e. The number of piperidine rings is 1. The molecule has 0 saturated carbocycles. The molecule has 0 aromatic carbocycles. The van der Waals surface area contributed by atoms with Gasteiger partial charge in [0.05, 0.1) is 12.2 Å². The molecule has 1 aliphatic heterocycles. The average molecular weight is 277 g/mol. The molecule has 2 unspecified atom stereocenters. The van der Waals surface area contributed by atoms with E-state index < -0.39 is 11.1 Å². The number of carbonyl (C=O) groups excluding carboxylic acids is 1. The molecule has 0 aliphatic carbocycles. The zero-order valence-corrected chi connectivity index (χ0v) is 12.4. The predicted molar refractivity (Wildman–Crippen MR) is 70.5 cm³/mol. The molecule has 0 bridgehead atoms. The van der Waals surface area contributed by atoms with E-state index in [1.54, 1.807) is 4.90 Å². The van der Waals surface area contributed by atoms with E-state index in [2.05, 4.69) is 0 Å². The number of hydrogen-bond acceptors (Lipinski definition) is 4. The molecule has 18 heavy (non-hydrogen) atoms. The average Bonchev–Trinajstić information content (AvgIpc) is 2.27. The van der Waals surface area contributed by atoms with Crippen LogP contribution >= 0.6 is 0 Å². The van der Waals surface area contributed by atoms with Gasteiger partial charge in [-0.2, -0.15) is 0 Å². The van der Waals surface area contributed by atoms with E-state index in [1.807, 2.05) is 20.8 Å². The molecule has 1 aliphatic rings. The summed E-state index contributed by atoms with van der Waals surface area (Å²) in [6.45, 7) is 6.99. The molecule has 1 rings (SSSR count). The zero-order valence-electron chi connectivity index (χ0n) is 11.5. The number of likely N-dealkylation sites (tertiary alicyclic amines) is 1. The maximum absolute atomic E-state index is 11.7. The lowest BCUT2D eigenvalue weighted by atomic mass is 9.92. The van der Waals surface area contributed by atoms with Crippen LogP contribution in [0.1, 0.15) is 33.6 Å². The second-order valence-electron chi connectivity index (χ2n) is 4.96. The Bertz CT molecular complexity index is 300. The van der Waals surface area contributed by atoms with Gasteiger partial charge in [0.15, 0.2) is 11.1 Å². The van der Waals surface area contributed by atoms with Gasteiger partial charge >= 0.3 is 6.09 Å². The number of rotatable bonds is 4. The molecule has 0 N–H and O–H groups in total. The normalized spacial score (nSPS) is 20.8. The highest BCUT2D eigenvalue weighted by atomic mass is 32.2. The molecule has 1 amide bonds. The first-order chi connectivity index (χ1) is 8.40. The summed E-state index contributed by atoms with van der Waals surface area (Å²) in [7, 11) is 0. The first-order valence-electron chi connectivity index (χ1n) is 6.36. The van der Waals surface area contributed by atoms with Crippen LogP contribution in [0.15, 0.2) is 0 Å². The Labute approximate surface area is 111 Å². The van der Waals surface area contributed by atoms with Crippen molar-refractivity contribution in [1.82, 2.24) is 4.90 Å². The van der Waals surface area contributed by atoms with Gasteiger partial charge in [0.25, 0.3) is 0 Å². The van der Waals surface area contributed by atoms with Crippen LogP contribution in [0.5, 0.6) is 0 Å². The molecular weight excluding hydrogens is 254 g/mol. The number of ether oxygens (including phenoxy) is 1. The van der Waals surface area contributed by atoms with Crippen LogP contribution in [0, 0.1) is 5.92 Å². The molecule has 1 saturated heterocycles. The fraction of sp³-hybridized carbons (Fsp3) is 0.917. The summed E-state index contributed by atoms with van der Waals surface area (Å²) in [6.07, 6.45) is 2.91. The van der Waals surface area contributed by atoms with Crippen LogP contribution in [0.3, 0.4) is 0 Å². The van der Waals surface area contributed by atoms with Crippen molar-refractivity contribution < 1.29 is 17.9 Å². The summed E-state index contributed by atoms with van der Waals surface area (Å²) < 4.78 is 21.4. The van der Waals surface area contributed by atoms with Crippen molar-refractivity contribution in [1.29, 1.82) is 0 Å². The maximum atomic E-state index is 11.7. The smallest absolute Gasteiger partial charge is 0.410 e. The zero-order chi connectivity index (χ0) is 13.7. The van der Waals surface area contributed by atoms with Crippen LogP contribution in [0.2, 0.25) is 0 Å². The summed E-state index contributed by atoms with van der Waals surface area (Å²) in [5, 5.41) is 0. The molecule has 1 fully saturated rings. The van der Waals surface area contributed by atoms with E-state index >= 15 is 0 Å². The second-order valence-corrected chi connectivity index (χ2v) is 5.95. The molecule has 106 valence electrons. The van der Waals surface area contributed by atoms with Gasteiger partial charge in [0.2, 0.25) is 0 Å². The van der Waals surface area contributed by atoms with Gasteiger partial charge in [-0.1, -0.05) is 0 Å². The fourth-order valence-corrected chi connectivity index (χ4v) is 2.70. The van der Waals surface area contributed by atoms with E-state index in [9.17, 15) is 9.00 Å². The van der Waals surface area contributed by atoms with E-state index in [1.165, 1.54) is 6.26 Å². The van der Waals surface area contributed by atoms with Crippen LogP contribution in [0.25, 0.3) is 0 Å². The Balaban J connectivity index is 2.36. The van der Waals surface area contributed by atoms with E-state index in [-0.39, 0.29) is 18.3 Å². The van der Waals surface area contributed by atoms with Crippen molar-refractivity contribution in [3.8, 4) is 0 Å². The highest BCUT2D eigenvalue weighted by Gasteiger charge is 2.28. The predicted octanol–water partition coefficient (Wildman–Crippen LogP) is 1.94. The third-order valence-electron chi connectivity index (χ3n) is 3.09. The lowest BCUT2D eigenvalue weighted by Crippen LogP contribution is -2.42. The minimum absolute atomic E-state index is 0.0286. The Morgan fingerprint density at radius 2 is 1.83 bits per heavy atom. The monoisotopic (exact) mass is 277 g/mol. The third-order valence-corrected chi connectivity index (χ3v) is 3.66. The van der Waals surface area contributed by atoms with Crippen molar-refractivity contribution in [2.75, 3.05) is 19.3 Å². The highest BCUT2D eigenvalue weighted by Crippen LogP contribution is 2.23. The first-order valence-corrected chi connectivity index (χ1v) is 7.84. The first kappa shape index (κ1) is 15.4. The van der Waals surface area contributed by atoms with E-state index in [0.717, 1.165) is 12.8 Å². The van der Waals surface area contributed by atoms with E-state index in [0.29, 0.717) is 19.0 Å². The Morgan fingerprint density at radius 1 is 1.28 bits per heavy atom. The quantitative estimate of drug-likeness (QED) is 0.788. The van der Waals surface area contributed by atoms with Gasteiger partial charge in [-0.15, -0.1) is 0 Å². The van der Waals surface area contributed by atoms with Crippen molar-refractivity contribution in [3.63, 3.8) is 0 Å². The lowest BCUT2D eigenvalue weighted by molar-refractivity contribution is 0.0519. The molecular formula is C12H23NO4S. The van der Waals surface area contributed by atoms with Gasteiger partial charge in [0.1, 0.15) is 0 Å². The molecule has 5 nitrogen and oxygen atoms in total. The molecule has 0 radical (unpaired) electrons. The van der Waals surface area contributed by atoms with Gasteiger partial charge in [-0.25, -0.2) is 9.00 Å². The summed E-state index contributed by atoms with van der Waals surface area (Å²) in [5.74, 6) is 0.358. The van der Waals surface area contributed by atoms with Crippen molar-refractivity contribution >= 4 is 17.2 Å². The molecule has 0 aromatic rings. The number of amides is 1. The lowest BCUT2D eigenvalue weighted by Gasteiger charge is -2.33. The van der Waals surface area contributed by atoms with Crippen molar-refractivity contribution in [2.45, 2.75) is 45.8 Å². The molecule has 2 atom stereocenters. The van der Waals surface area contributed by atoms with Crippen molar-refractivity contribution in [3.05, 3.63) is 0 Å². The number of nitrogens with zero attached hydrogens (tertiary/aromatic N) is 1. The van der Waals surface area contributed by atoms with Gasteiger partial charge in [-0.3, -0.25) is 4.18 Å². The SMILES string of the molecule is CC(C)OC(=O)N1CCC(C(C)OS(C)=O)CC1. The summed E-state index contributed by atoms with van der Waals surface area (Å²) in [5.41, 5.74) is 0. The Kier molecular flexibility index (Phi) is 6.08. The van der Waals surface area contributed by atoms with Crippen LogP contribution in [-0.4, -0.2) is 46.8 Å². The maximum Gasteiger partial charge on any atom is 0.410 e. The Morgan fingerprint density at radius 3 is 2.28 bits per heavy atom.